The maximum atomic E-state index is 12.4. The van der Waals surface area contributed by atoms with E-state index in [0.29, 0.717) is 22.6 Å². The van der Waals surface area contributed by atoms with Gasteiger partial charge in [-0.2, -0.15) is 5.10 Å². The van der Waals surface area contributed by atoms with E-state index in [2.05, 4.69) is 10.4 Å². The van der Waals surface area contributed by atoms with Crippen LogP contribution < -0.4 is 5.32 Å². The minimum absolute atomic E-state index is 0.0299. The third-order valence-electron chi connectivity index (χ3n) is 3.57. The van der Waals surface area contributed by atoms with E-state index in [1.165, 1.54) is 23.0 Å². The van der Waals surface area contributed by atoms with Gasteiger partial charge in [-0.05, 0) is 25.1 Å². The van der Waals surface area contributed by atoms with Gasteiger partial charge in [0.1, 0.15) is 0 Å². The SMILES string of the molecule is Cc1c(C(=O)Nc2ccccc2)cnn1-c1cccc([N+](=O)[O-])c1. The lowest BCUT2D eigenvalue weighted by Crippen LogP contribution is -2.13. The molecule has 0 saturated heterocycles. The first-order chi connectivity index (χ1) is 11.6. The second kappa shape index (κ2) is 6.33. The number of carbonyl (C=O) groups is 1. The number of carbonyl (C=O) groups excluding carboxylic acids is 1. The van der Waals surface area contributed by atoms with Crippen molar-refractivity contribution < 1.29 is 9.72 Å². The number of benzene rings is 2. The summed E-state index contributed by atoms with van der Waals surface area (Å²) in [6.45, 7) is 1.74. The molecule has 0 aliphatic rings. The highest BCUT2D eigenvalue weighted by molar-refractivity contribution is 6.04. The van der Waals surface area contributed by atoms with Crippen molar-refractivity contribution in [3.05, 3.63) is 82.2 Å². The Morgan fingerprint density at radius 1 is 1.17 bits per heavy atom. The summed E-state index contributed by atoms with van der Waals surface area (Å²) in [5.74, 6) is -0.282. The molecule has 120 valence electrons. The quantitative estimate of drug-likeness (QED) is 0.589. The van der Waals surface area contributed by atoms with Crippen LogP contribution in [0.3, 0.4) is 0 Å². The molecule has 0 bridgehead atoms. The molecule has 0 spiro atoms. The molecule has 0 radical (unpaired) electrons. The second-order valence-corrected chi connectivity index (χ2v) is 5.15. The number of amides is 1. The van der Waals surface area contributed by atoms with E-state index in [0.717, 1.165) is 0 Å². The van der Waals surface area contributed by atoms with Gasteiger partial charge < -0.3 is 5.32 Å². The van der Waals surface area contributed by atoms with Crippen molar-refractivity contribution in [1.82, 2.24) is 9.78 Å². The molecule has 2 aromatic carbocycles. The first-order valence-corrected chi connectivity index (χ1v) is 7.22. The van der Waals surface area contributed by atoms with Crippen molar-refractivity contribution in [2.24, 2.45) is 0 Å². The normalized spacial score (nSPS) is 10.4. The van der Waals surface area contributed by atoms with Crippen LogP contribution in [0.4, 0.5) is 11.4 Å². The number of para-hydroxylation sites is 1. The molecule has 0 fully saturated rings. The summed E-state index contributed by atoms with van der Waals surface area (Å²) in [7, 11) is 0. The van der Waals surface area contributed by atoms with Crippen molar-refractivity contribution in [2.45, 2.75) is 6.92 Å². The summed E-state index contributed by atoms with van der Waals surface area (Å²) in [6.07, 6.45) is 1.45. The van der Waals surface area contributed by atoms with Crippen molar-refractivity contribution in [3.8, 4) is 5.69 Å². The Balaban J connectivity index is 1.90. The third kappa shape index (κ3) is 3.00. The number of aromatic nitrogens is 2. The van der Waals surface area contributed by atoms with E-state index in [1.807, 2.05) is 18.2 Å². The summed E-state index contributed by atoms with van der Waals surface area (Å²) in [4.78, 5) is 22.8. The van der Waals surface area contributed by atoms with Crippen molar-refractivity contribution >= 4 is 17.3 Å². The van der Waals surface area contributed by atoms with Crippen molar-refractivity contribution in [2.75, 3.05) is 5.32 Å². The largest absolute Gasteiger partial charge is 0.322 e. The topological polar surface area (TPSA) is 90.1 Å². The Kier molecular flexibility index (Phi) is 4.07. The van der Waals surface area contributed by atoms with Crippen LogP contribution in [0.1, 0.15) is 16.1 Å². The molecule has 1 amide bonds. The Hall–Kier alpha value is -3.48. The highest BCUT2D eigenvalue weighted by Crippen LogP contribution is 2.20. The predicted octanol–water partition coefficient (Wildman–Crippen LogP) is 3.34. The zero-order valence-electron chi connectivity index (χ0n) is 12.8. The maximum absolute atomic E-state index is 12.4. The molecular weight excluding hydrogens is 308 g/mol. The van der Waals surface area contributed by atoms with Gasteiger partial charge in [0.05, 0.1) is 28.1 Å². The van der Waals surface area contributed by atoms with Gasteiger partial charge in [-0.25, -0.2) is 4.68 Å². The highest BCUT2D eigenvalue weighted by atomic mass is 16.6. The molecule has 7 nitrogen and oxygen atoms in total. The number of hydrogen-bond donors (Lipinski definition) is 1. The van der Waals surface area contributed by atoms with Gasteiger partial charge >= 0.3 is 0 Å². The van der Waals surface area contributed by atoms with Crippen LogP contribution in [0.25, 0.3) is 5.69 Å². The molecule has 0 aliphatic heterocycles. The number of nitrogens with zero attached hydrogens (tertiary/aromatic N) is 3. The predicted molar refractivity (Wildman–Crippen MR) is 89.4 cm³/mol. The minimum atomic E-state index is -0.467. The minimum Gasteiger partial charge on any atom is -0.322 e. The Labute approximate surface area is 137 Å². The van der Waals surface area contributed by atoms with Gasteiger partial charge in [0, 0.05) is 17.8 Å². The molecule has 0 atom stereocenters. The molecule has 3 rings (SSSR count). The van der Waals surface area contributed by atoms with Crippen LogP contribution in [-0.2, 0) is 0 Å². The molecule has 24 heavy (non-hydrogen) atoms. The Bertz CT molecular complexity index is 903. The highest BCUT2D eigenvalue weighted by Gasteiger charge is 2.16. The average molecular weight is 322 g/mol. The molecule has 0 saturated carbocycles. The molecule has 1 N–H and O–H groups in total. The number of non-ortho nitro benzene ring substituents is 1. The molecule has 0 unspecified atom stereocenters. The van der Waals surface area contributed by atoms with Crippen molar-refractivity contribution in [1.29, 1.82) is 0 Å². The number of nitro benzene ring substituents is 1. The average Bonchev–Trinajstić information content (AvgIpc) is 2.97. The zero-order chi connectivity index (χ0) is 17.1. The van der Waals surface area contributed by atoms with Crippen LogP contribution in [-0.4, -0.2) is 20.6 Å². The molecule has 1 heterocycles. The van der Waals surface area contributed by atoms with Gasteiger partial charge in [0.25, 0.3) is 11.6 Å². The summed E-state index contributed by atoms with van der Waals surface area (Å²) in [5, 5.41) is 17.9. The molecule has 0 aliphatic carbocycles. The Morgan fingerprint density at radius 2 is 1.92 bits per heavy atom. The first-order valence-electron chi connectivity index (χ1n) is 7.22. The second-order valence-electron chi connectivity index (χ2n) is 5.15. The maximum Gasteiger partial charge on any atom is 0.271 e. The van der Waals surface area contributed by atoms with Crippen LogP contribution >= 0.6 is 0 Å². The lowest BCUT2D eigenvalue weighted by Gasteiger charge is -2.06. The zero-order valence-corrected chi connectivity index (χ0v) is 12.8. The lowest BCUT2D eigenvalue weighted by atomic mass is 10.2. The van der Waals surface area contributed by atoms with E-state index >= 15 is 0 Å². The number of anilines is 1. The van der Waals surface area contributed by atoms with E-state index in [1.54, 1.807) is 31.2 Å². The van der Waals surface area contributed by atoms with Crippen LogP contribution in [0.15, 0.2) is 60.8 Å². The smallest absolute Gasteiger partial charge is 0.271 e. The molecule has 3 aromatic rings. The number of nitrogens with one attached hydrogen (secondary N) is 1. The standard InChI is InChI=1S/C17H14N4O3/c1-12-16(17(22)19-13-6-3-2-4-7-13)11-18-20(12)14-8-5-9-15(10-14)21(23)24/h2-11H,1H3,(H,19,22). The summed E-state index contributed by atoms with van der Waals surface area (Å²) in [5.41, 5.74) is 2.19. The van der Waals surface area contributed by atoms with Gasteiger partial charge in [-0.3, -0.25) is 14.9 Å². The van der Waals surface area contributed by atoms with Gasteiger partial charge in [0.2, 0.25) is 0 Å². The van der Waals surface area contributed by atoms with Crippen LogP contribution in [0, 0.1) is 17.0 Å². The molecule has 1 aromatic heterocycles. The lowest BCUT2D eigenvalue weighted by molar-refractivity contribution is -0.384. The van der Waals surface area contributed by atoms with Gasteiger partial charge in [-0.1, -0.05) is 24.3 Å². The summed E-state index contributed by atoms with van der Waals surface area (Å²) < 4.78 is 1.51. The van der Waals surface area contributed by atoms with Gasteiger partial charge in [-0.15, -0.1) is 0 Å². The fraction of sp³-hybridized carbons (Fsp3) is 0.0588. The third-order valence-corrected chi connectivity index (χ3v) is 3.57. The van der Waals surface area contributed by atoms with Crippen LogP contribution in [0.5, 0.6) is 0 Å². The molecular formula is C17H14N4O3. The summed E-state index contributed by atoms with van der Waals surface area (Å²) in [6, 6.07) is 15.2. The summed E-state index contributed by atoms with van der Waals surface area (Å²) >= 11 is 0. The van der Waals surface area contributed by atoms with E-state index in [4.69, 9.17) is 0 Å². The fourth-order valence-corrected chi connectivity index (χ4v) is 2.35. The fourth-order valence-electron chi connectivity index (χ4n) is 2.35. The monoisotopic (exact) mass is 322 g/mol. The van der Waals surface area contributed by atoms with E-state index in [9.17, 15) is 14.9 Å². The number of rotatable bonds is 4. The molecule has 7 heteroatoms. The number of nitro groups is 1. The number of hydrogen-bond acceptors (Lipinski definition) is 4. The van der Waals surface area contributed by atoms with Crippen LogP contribution in [0.2, 0.25) is 0 Å². The van der Waals surface area contributed by atoms with E-state index in [-0.39, 0.29) is 11.6 Å². The van der Waals surface area contributed by atoms with Crippen molar-refractivity contribution in [3.63, 3.8) is 0 Å². The first kappa shape index (κ1) is 15.4. The van der Waals surface area contributed by atoms with Gasteiger partial charge in [0.15, 0.2) is 0 Å². The van der Waals surface area contributed by atoms with E-state index < -0.39 is 4.92 Å². The Morgan fingerprint density at radius 3 is 2.62 bits per heavy atom.